The molecule has 6 nitrogen and oxygen atoms in total. The normalized spacial score (nSPS) is 24.0. The summed E-state index contributed by atoms with van der Waals surface area (Å²) in [7, 11) is -2.84. The van der Waals surface area contributed by atoms with Crippen molar-refractivity contribution in [1.82, 2.24) is 15.5 Å². The molecule has 2 heterocycles. The third-order valence-electron chi connectivity index (χ3n) is 4.77. The van der Waals surface area contributed by atoms with Crippen molar-refractivity contribution in [2.45, 2.75) is 37.9 Å². The number of sulfone groups is 1. The van der Waals surface area contributed by atoms with Gasteiger partial charge >= 0.3 is 6.03 Å². The maximum Gasteiger partial charge on any atom is 0.317 e. The molecule has 3 rings (SSSR count). The van der Waals surface area contributed by atoms with E-state index in [1.54, 1.807) is 0 Å². The molecule has 2 N–H and O–H groups in total. The molecule has 1 aromatic rings. The van der Waals surface area contributed by atoms with Crippen LogP contribution in [0.4, 0.5) is 4.79 Å². The number of nitrogens with one attached hydrogen (secondary N) is 2. The molecule has 0 saturated carbocycles. The highest BCUT2D eigenvalue weighted by Gasteiger charge is 2.31. The van der Waals surface area contributed by atoms with Crippen LogP contribution in [-0.4, -0.2) is 56.0 Å². The Hall–Kier alpha value is -1.60. The third kappa shape index (κ3) is 4.70. The molecule has 1 atom stereocenters. The van der Waals surface area contributed by atoms with E-state index >= 15 is 0 Å². The molecule has 0 radical (unpaired) electrons. The second-order valence-corrected chi connectivity index (χ2v) is 8.90. The van der Waals surface area contributed by atoms with E-state index in [0.717, 1.165) is 18.4 Å². The molecule has 132 valence electrons. The van der Waals surface area contributed by atoms with Gasteiger partial charge in [-0.15, -0.1) is 0 Å². The minimum absolute atomic E-state index is 0.0271. The largest absolute Gasteiger partial charge is 0.334 e. The fourth-order valence-electron chi connectivity index (χ4n) is 3.39. The number of benzene rings is 1. The van der Waals surface area contributed by atoms with Crippen LogP contribution in [-0.2, 0) is 16.4 Å². The Balaban J connectivity index is 1.39. The number of nitrogens with zero attached hydrogens (tertiary/aromatic N) is 1. The SMILES string of the molecule is O=C(NCc1ccccc1)N1CCC(N[C@@H]2CCS(=O)(=O)C2)CC1. The fraction of sp³-hybridized carbons (Fsp3) is 0.588. The molecule has 2 amide bonds. The first-order chi connectivity index (χ1) is 11.5. The zero-order valence-electron chi connectivity index (χ0n) is 13.8. The molecular weight excluding hydrogens is 326 g/mol. The van der Waals surface area contributed by atoms with Gasteiger partial charge in [-0.2, -0.15) is 0 Å². The zero-order valence-corrected chi connectivity index (χ0v) is 14.6. The van der Waals surface area contributed by atoms with Crippen LogP contribution in [0, 0.1) is 0 Å². The average Bonchev–Trinajstić information content (AvgIpc) is 2.93. The number of carbonyl (C=O) groups excluding carboxylic acids is 1. The smallest absolute Gasteiger partial charge is 0.317 e. The highest BCUT2D eigenvalue weighted by atomic mass is 32.2. The second-order valence-electron chi connectivity index (χ2n) is 6.67. The Labute approximate surface area is 143 Å². The molecule has 0 aliphatic carbocycles. The van der Waals surface area contributed by atoms with Crippen LogP contribution < -0.4 is 10.6 Å². The first-order valence-corrected chi connectivity index (χ1v) is 10.4. The highest BCUT2D eigenvalue weighted by molar-refractivity contribution is 7.91. The van der Waals surface area contributed by atoms with Crippen LogP contribution in [0.1, 0.15) is 24.8 Å². The molecule has 0 aromatic heterocycles. The molecule has 2 aliphatic heterocycles. The van der Waals surface area contributed by atoms with E-state index in [0.29, 0.717) is 37.8 Å². The first-order valence-electron chi connectivity index (χ1n) is 8.55. The molecule has 2 saturated heterocycles. The van der Waals surface area contributed by atoms with E-state index < -0.39 is 9.84 Å². The number of carbonyl (C=O) groups is 1. The lowest BCUT2D eigenvalue weighted by Gasteiger charge is -2.33. The lowest BCUT2D eigenvalue weighted by molar-refractivity contribution is 0.174. The van der Waals surface area contributed by atoms with Gasteiger partial charge in [0.2, 0.25) is 0 Å². The number of likely N-dealkylation sites (tertiary alicyclic amines) is 1. The van der Waals surface area contributed by atoms with Gasteiger partial charge < -0.3 is 15.5 Å². The van der Waals surface area contributed by atoms with Crippen LogP contribution in [0.25, 0.3) is 0 Å². The summed E-state index contributed by atoms with van der Waals surface area (Å²) in [6.45, 7) is 1.95. The van der Waals surface area contributed by atoms with Crippen molar-refractivity contribution in [3.8, 4) is 0 Å². The molecule has 0 bridgehead atoms. The van der Waals surface area contributed by atoms with Crippen molar-refractivity contribution >= 4 is 15.9 Å². The van der Waals surface area contributed by atoms with Crippen LogP contribution in [0.2, 0.25) is 0 Å². The minimum Gasteiger partial charge on any atom is -0.334 e. The lowest BCUT2D eigenvalue weighted by atomic mass is 10.0. The first kappa shape index (κ1) is 17.2. The topological polar surface area (TPSA) is 78.5 Å². The van der Waals surface area contributed by atoms with Crippen LogP contribution in [0.15, 0.2) is 30.3 Å². The number of piperidine rings is 1. The van der Waals surface area contributed by atoms with Gasteiger partial charge in [0.1, 0.15) is 0 Å². The van der Waals surface area contributed by atoms with Crippen molar-refractivity contribution in [3.63, 3.8) is 0 Å². The van der Waals surface area contributed by atoms with Gasteiger partial charge in [-0.25, -0.2) is 13.2 Å². The summed E-state index contributed by atoms with van der Waals surface area (Å²) in [5.74, 6) is 0.552. The van der Waals surface area contributed by atoms with Crippen LogP contribution in [0.3, 0.4) is 0 Å². The van der Waals surface area contributed by atoms with Crippen molar-refractivity contribution in [2.24, 2.45) is 0 Å². The van der Waals surface area contributed by atoms with E-state index in [1.807, 2.05) is 35.2 Å². The summed E-state index contributed by atoms with van der Waals surface area (Å²) in [6, 6.07) is 10.2. The summed E-state index contributed by atoms with van der Waals surface area (Å²) < 4.78 is 23.0. The highest BCUT2D eigenvalue weighted by Crippen LogP contribution is 2.16. The molecule has 7 heteroatoms. The number of hydrogen-bond donors (Lipinski definition) is 2. The minimum atomic E-state index is -2.84. The maximum absolute atomic E-state index is 12.2. The van der Waals surface area contributed by atoms with E-state index in [9.17, 15) is 13.2 Å². The quantitative estimate of drug-likeness (QED) is 0.853. The molecular formula is C17H25N3O3S. The predicted molar refractivity (Wildman–Crippen MR) is 93.5 cm³/mol. The Morgan fingerprint density at radius 3 is 2.42 bits per heavy atom. The molecule has 2 fully saturated rings. The molecule has 2 aliphatic rings. The molecule has 1 aromatic carbocycles. The van der Waals surface area contributed by atoms with Gasteiger partial charge in [0.15, 0.2) is 9.84 Å². The Morgan fingerprint density at radius 1 is 1.08 bits per heavy atom. The van der Waals surface area contributed by atoms with Gasteiger partial charge in [-0.05, 0) is 24.8 Å². The van der Waals surface area contributed by atoms with E-state index in [-0.39, 0.29) is 17.8 Å². The Bertz CT molecular complexity index is 655. The number of hydrogen-bond acceptors (Lipinski definition) is 4. The van der Waals surface area contributed by atoms with E-state index in [1.165, 1.54) is 0 Å². The van der Waals surface area contributed by atoms with Crippen LogP contribution >= 0.6 is 0 Å². The maximum atomic E-state index is 12.2. The van der Waals surface area contributed by atoms with Crippen molar-refractivity contribution in [2.75, 3.05) is 24.6 Å². The van der Waals surface area contributed by atoms with E-state index in [2.05, 4.69) is 10.6 Å². The number of rotatable bonds is 4. The van der Waals surface area contributed by atoms with Crippen LogP contribution in [0.5, 0.6) is 0 Å². The Kier molecular flexibility index (Phi) is 5.40. The van der Waals surface area contributed by atoms with Gasteiger partial charge in [-0.1, -0.05) is 30.3 Å². The summed E-state index contributed by atoms with van der Waals surface area (Å²) in [6.07, 6.45) is 2.45. The fourth-order valence-corrected chi connectivity index (χ4v) is 5.08. The monoisotopic (exact) mass is 351 g/mol. The van der Waals surface area contributed by atoms with E-state index in [4.69, 9.17) is 0 Å². The molecule has 24 heavy (non-hydrogen) atoms. The standard InChI is InChI=1S/C17H25N3O3S/c21-17(18-12-14-4-2-1-3-5-14)20-9-6-15(7-10-20)19-16-8-11-24(22,23)13-16/h1-5,15-16,19H,6-13H2,(H,18,21)/t16-/m1/s1. The zero-order chi connectivity index (χ0) is 17.0. The van der Waals surface area contributed by atoms with Crippen molar-refractivity contribution < 1.29 is 13.2 Å². The third-order valence-corrected chi connectivity index (χ3v) is 6.54. The van der Waals surface area contributed by atoms with Gasteiger partial charge in [0, 0.05) is 31.7 Å². The predicted octanol–water partition coefficient (Wildman–Crippen LogP) is 1.14. The van der Waals surface area contributed by atoms with Gasteiger partial charge in [0.05, 0.1) is 11.5 Å². The molecule has 0 spiro atoms. The molecule has 0 unspecified atom stereocenters. The summed E-state index contributed by atoms with van der Waals surface area (Å²) in [5.41, 5.74) is 1.09. The summed E-state index contributed by atoms with van der Waals surface area (Å²) in [4.78, 5) is 14.1. The number of urea groups is 1. The summed E-state index contributed by atoms with van der Waals surface area (Å²) in [5, 5.41) is 6.41. The van der Waals surface area contributed by atoms with Gasteiger partial charge in [0.25, 0.3) is 0 Å². The average molecular weight is 351 g/mol. The van der Waals surface area contributed by atoms with Crippen molar-refractivity contribution in [1.29, 1.82) is 0 Å². The Morgan fingerprint density at radius 2 is 1.79 bits per heavy atom. The van der Waals surface area contributed by atoms with Gasteiger partial charge in [-0.3, -0.25) is 0 Å². The second kappa shape index (κ2) is 7.53. The summed E-state index contributed by atoms with van der Waals surface area (Å²) >= 11 is 0. The number of amides is 2. The van der Waals surface area contributed by atoms with Crippen molar-refractivity contribution in [3.05, 3.63) is 35.9 Å². The lowest BCUT2D eigenvalue weighted by Crippen LogP contribution is -2.50.